The van der Waals surface area contributed by atoms with Crippen LogP contribution in [0.2, 0.25) is 0 Å². The Morgan fingerprint density at radius 3 is 2.56 bits per heavy atom. The Balaban J connectivity index is 3.05. The highest BCUT2D eigenvalue weighted by molar-refractivity contribution is 5.96. The maximum absolute atomic E-state index is 11.2. The number of carbonyl (C=O) groups is 1. The van der Waals surface area contributed by atoms with E-state index in [1.54, 1.807) is 0 Å². The van der Waals surface area contributed by atoms with Gasteiger partial charge in [0.2, 0.25) is 0 Å². The summed E-state index contributed by atoms with van der Waals surface area (Å²) in [7, 11) is 0. The number of aliphatic hydroxyl groups is 1. The zero-order valence-electron chi connectivity index (χ0n) is 8.47. The first-order chi connectivity index (χ1) is 7.50. The summed E-state index contributed by atoms with van der Waals surface area (Å²) in [5.41, 5.74) is 0.0137. The molecule has 0 aliphatic carbocycles. The molecule has 0 atom stereocenters. The first-order valence-corrected chi connectivity index (χ1v) is 4.59. The van der Waals surface area contributed by atoms with Gasteiger partial charge in [-0.1, -0.05) is 0 Å². The van der Waals surface area contributed by atoms with Crippen LogP contribution in [0, 0.1) is 0 Å². The van der Waals surface area contributed by atoms with Crippen LogP contribution in [0.4, 0.5) is 0 Å². The van der Waals surface area contributed by atoms with Crippen molar-refractivity contribution in [1.82, 2.24) is 4.40 Å². The number of hydrogen-bond acceptors (Lipinski definition) is 3. The van der Waals surface area contributed by atoms with Crippen molar-refractivity contribution in [2.24, 2.45) is 0 Å². The summed E-state index contributed by atoms with van der Waals surface area (Å²) in [4.78, 5) is 22.1. The largest absolute Gasteiger partial charge is 0.510 e. The van der Waals surface area contributed by atoms with Crippen LogP contribution < -0.4 is 10.8 Å². The molecule has 0 aliphatic heterocycles. The first kappa shape index (κ1) is 10.2. The van der Waals surface area contributed by atoms with E-state index in [0.29, 0.717) is 5.35 Å². The second-order valence-corrected chi connectivity index (χ2v) is 3.45. The highest BCUT2D eigenvalue weighted by atomic mass is 16.4. The Bertz CT molecular complexity index is 680. The maximum Gasteiger partial charge on any atom is 0.337 e. The summed E-state index contributed by atoms with van der Waals surface area (Å²) < 4.78 is 1.47. The monoisotopic (exact) mass is 219 g/mol. The van der Waals surface area contributed by atoms with Gasteiger partial charge < -0.3 is 14.6 Å². The number of carboxylic acids is 1. The number of pyridine rings is 1. The van der Waals surface area contributed by atoms with E-state index < -0.39 is 5.97 Å². The van der Waals surface area contributed by atoms with Gasteiger partial charge in [-0.2, -0.15) is 0 Å². The Morgan fingerprint density at radius 1 is 1.31 bits per heavy atom. The Hall–Kier alpha value is -2.30. The fourth-order valence-electron chi connectivity index (χ4n) is 1.63. The fraction of sp³-hybridized carbons (Fsp3) is 0.0909. The molecule has 5 heteroatoms. The molecule has 16 heavy (non-hydrogen) atoms. The zero-order valence-corrected chi connectivity index (χ0v) is 8.47. The van der Waals surface area contributed by atoms with Crippen molar-refractivity contribution < 1.29 is 15.0 Å². The second kappa shape index (κ2) is 3.37. The van der Waals surface area contributed by atoms with Crippen molar-refractivity contribution in [2.45, 2.75) is 6.92 Å². The minimum atomic E-state index is -1.13. The van der Waals surface area contributed by atoms with E-state index >= 15 is 0 Å². The quantitative estimate of drug-likeness (QED) is 0.727. The number of nitrogens with zero attached hydrogens (tertiary/aromatic N) is 1. The van der Waals surface area contributed by atoms with Crippen molar-refractivity contribution in [1.29, 1.82) is 0 Å². The molecule has 2 N–H and O–H groups in total. The van der Waals surface area contributed by atoms with Gasteiger partial charge in [-0.3, -0.25) is 4.79 Å². The maximum atomic E-state index is 11.2. The van der Waals surface area contributed by atoms with E-state index in [9.17, 15) is 14.7 Å². The van der Waals surface area contributed by atoms with E-state index in [1.165, 1.54) is 35.7 Å². The van der Waals surface area contributed by atoms with Crippen molar-refractivity contribution in [3.05, 3.63) is 45.5 Å². The number of aromatic nitrogens is 1. The molecular formula is C11H9NO4. The van der Waals surface area contributed by atoms with E-state index in [-0.39, 0.29) is 22.3 Å². The minimum Gasteiger partial charge on any atom is -0.510 e. The van der Waals surface area contributed by atoms with Crippen LogP contribution in [0.15, 0.2) is 29.2 Å². The zero-order chi connectivity index (χ0) is 11.9. The molecule has 0 bridgehead atoms. The summed E-state index contributed by atoms with van der Waals surface area (Å²) in [6.07, 6.45) is 1.44. The van der Waals surface area contributed by atoms with Gasteiger partial charge in [-0.15, -0.1) is 0 Å². The van der Waals surface area contributed by atoms with E-state index in [4.69, 9.17) is 5.11 Å². The molecule has 5 nitrogen and oxygen atoms in total. The standard InChI is InChI=1S/C11H9NO4/c1-6(13)9-5-8(11(15)16)10-4-7(14)2-3-12(9)10/h2-5,13H,1H3,(H,15,16). The topological polar surface area (TPSA) is 79.0 Å². The van der Waals surface area contributed by atoms with Gasteiger partial charge in [0.15, 0.2) is 5.43 Å². The third kappa shape index (κ3) is 1.42. The van der Waals surface area contributed by atoms with Crippen molar-refractivity contribution >= 4 is 17.2 Å². The molecular weight excluding hydrogens is 210 g/mol. The molecule has 2 rings (SSSR count). The summed E-state index contributed by atoms with van der Waals surface area (Å²) in [6, 6.07) is 3.88. The smallest absolute Gasteiger partial charge is 0.337 e. The van der Waals surface area contributed by atoms with Gasteiger partial charge >= 0.3 is 5.97 Å². The predicted octanol–water partition coefficient (Wildman–Crippen LogP) is 0.403. The van der Waals surface area contributed by atoms with Crippen molar-refractivity contribution in [2.75, 3.05) is 0 Å². The Kier molecular flexibility index (Phi) is 2.16. The van der Waals surface area contributed by atoms with Gasteiger partial charge in [-0.05, 0) is 13.0 Å². The van der Waals surface area contributed by atoms with E-state index in [2.05, 4.69) is 0 Å². The molecule has 0 fully saturated rings. The lowest BCUT2D eigenvalue weighted by atomic mass is 10.2. The fourth-order valence-corrected chi connectivity index (χ4v) is 1.63. The molecule has 0 radical (unpaired) electrons. The number of carboxylic acid groups (broad SMARTS) is 1. The molecule has 0 aliphatic rings. The van der Waals surface area contributed by atoms with Crippen LogP contribution in [0.3, 0.4) is 0 Å². The minimum absolute atomic E-state index is 0.00102. The third-order valence-corrected chi connectivity index (χ3v) is 2.34. The molecule has 2 aromatic rings. The predicted molar refractivity (Wildman–Crippen MR) is 57.6 cm³/mol. The molecule has 0 unspecified atom stereocenters. The first-order valence-electron chi connectivity index (χ1n) is 4.59. The number of fused-ring (bicyclic) bond motifs is 1. The lowest BCUT2D eigenvalue weighted by Crippen LogP contribution is -2.12. The lowest BCUT2D eigenvalue weighted by molar-refractivity contribution is 0.0699. The van der Waals surface area contributed by atoms with Crippen LogP contribution in [0.5, 0.6) is 0 Å². The Morgan fingerprint density at radius 2 is 2.00 bits per heavy atom. The number of aromatic carboxylic acids is 1. The molecule has 2 heterocycles. The van der Waals surface area contributed by atoms with Gasteiger partial charge in [0, 0.05) is 18.3 Å². The van der Waals surface area contributed by atoms with Crippen LogP contribution in [-0.4, -0.2) is 20.6 Å². The van der Waals surface area contributed by atoms with Crippen LogP contribution in [-0.2, 0) is 0 Å². The average molecular weight is 219 g/mol. The van der Waals surface area contributed by atoms with Crippen molar-refractivity contribution in [3.63, 3.8) is 0 Å². The SMILES string of the molecule is CC(O)=c1cc(C(=O)O)c2cc(=O)ccn12. The van der Waals surface area contributed by atoms with Gasteiger partial charge in [0.05, 0.1) is 16.4 Å². The van der Waals surface area contributed by atoms with Gasteiger partial charge in [-0.25, -0.2) is 4.79 Å². The van der Waals surface area contributed by atoms with Crippen LogP contribution in [0.1, 0.15) is 17.3 Å². The third-order valence-electron chi connectivity index (χ3n) is 2.34. The second-order valence-electron chi connectivity index (χ2n) is 3.45. The molecule has 82 valence electrons. The molecule has 0 amide bonds. The summed E-state index contributed by atoms with van der Waals surface area (Å²) in [5, 5.41) is 18.7. The van der Waals surface area contributed by atoms with Gasteiger partial charge in [0.25, 0.3) is 0 Å². The highest BCUT2D eigenvalue weighted by Crippen LogP contribution is 2.07. The highest BCUT2D eigenvalue weighted by Gasteiger charge is 2.12. The summed E-state index contributed by atoms with van der Waals surface area (Å²) in [5.74, 6) is -1.13. The number of aliphatic hydroxyl groups excluding tert-OH is 1. The molecule has 0 saturated carbocycles. The van der Waals surface area contributed by atoms with Gasteiger partial charge in [0.1, 0.15) is 5.76 Å². The normalized spacial score (nSPS) is 12.8. The average Bonchev–Trinajstić information content (AvgIpc) is 2.56. The lowest BCUT2D eigenvalue weighted by Gasteiger charge is -1.95. The summed E-state index contributed by atoms with van der Waals surface area (Å²) in [6.45, 7) is 1.46. The number of rotatable bonds is 1. The summed E-state index contributed by atoms with van der Waals surface area (Å²) >= 11 is 0. The van der Waals surface area contributed by atoms with Crippen LogP contribution in [0.25, 0.3) is 11.3 Å². The number of hydrogen-bond donors (Lipinski definition) is 2. The molecule has 0 aromatic carbocycles. The molecule has 2 aromatic heterocycles. The van der Waals surface area contributed by atoms with E-state index in [0.717, 1.165) is 0 Å². The van der Waals surface area contributed by atoms with E-state index in [1.807, 2.05) is 0 Å². The Labute approximate surface area is 89.9 Å². The molecule has 0 spiro atoms. The van der Waals surface area contributed by atoms with Crippen molar-refractivity contribution in [3.8, 4) is 0 Å². The van der Waals surface area contributed by atoms with Crippen LogP contribution >= 0.6 is 0 Å². The molecule has 0 saturated heterocycles.